The average Bonchev–Trinajstić information content (AvgIpc) is 3.54. The summed E-state index contributed by atoms with van der Waals surface area (Å²) >= 11 is 2.53. The number of sulfone groups is 1. The van der Waals surface area contributed by atoms with Crippen LogP contribution in [0, 0.1) is 5.92 Å². The number of benzene rings is 2. The minimum Gasteiger partial charge on any atom is -0.444 e. The predicted octanol–water partition coefficient (Wildman–Crippen LogP) is 3.71. The quantitative estimate of drug-likeness (QED) is 0.190. The van der Waals surface area contributed by atoms with Crippen molar-refractivity contribution >= 4 is 54.0 Å². The lowest BCUT2D eigenvalue weighted by molar-refractivity contribution is 0.0438. The number of carbonyl (C=O) groups is 1. The van der Waals surface area contributed by atoms with Gasteiger partial charge in [0.1, 0.15) is 12.3 Å². The predicted molar refractivity (Wildman–Crippen MR) is 153 cm³/mol. The number of rotatable bonds is 11. The fraction of sp³-hybridized carbons (Fsp3) is 0.346. The lowest BCUT2D eigenvalue weighted by Crippen LogP contribution is -2.65. The third-order valence-electron chi connectivity index (χ3n) is 6.40. The van der Waals surface area contributed by atoms with Crippen molar-refractivity contribution in [2.24, 2.45) is 11.7 Å². The molecule has 6 N–H and O–H groups in total. The van der Waals surface area contributed by atoms with Gasteiger partial charge in [-0.05, 0) is 36.1 Å². The number of alkyl carbamates (subject to hydrolysis) is 1. The van der Waals surface area contributed by atoms with Crippen LogP contribution in [-0.4, -0.2) is 46.6 Å². The first-order valence-electron chi connectivity index (χ1n) is 12.2. The van der Waals surface area contributed by atoms with Crippen molar-refractivity contribution in [3.63, 3.8) is 0 Å². The van der Waals surface area contributed by atoms with E-state index in [4.69, 9.17) is 16.2 Å². The van der Waals surface area contributed by atoms with Gasteiger partial charge >= 0.3 is 6.09 Å². The van der Waals surface area contributed by atoms with Gasteiger partial charge in [-0.25, -0.2) is 18.2 Å². The normalized spacial score (nSPS) is 15.1. The molecule has 10 nitrogen and oxygen atoms in total. The maximum Gasteiger partial charge on any atom is 0.409 e. The van der Waals surface area contributed by atoms with E-state index >= 15 is 0 Å². The van der Waals surface area contributed by atoms with Crippen LogP contribution in [0.25, 0.3) is 10.2 Å². The fourth-order valence-corrected chi connectivity index (χ4v) is 7.71. The number of hydrogen-bond acceptors (Lipinski definition) is 11. The molecule has 0 aliphatic carbocycles. The van der Waals surface area contributed by atoms with Gasteiger partial charge < -0.3 is 26.6 Å². The second-order valence-corrected chi connectivity index (χ2v) is 13.8. The Balaban J connectivity index is 1.59. The second-order valence-electron chi connectivity index (χ2n) is 9.63. The lowest BCUT2D eigenvalue weighted by Gasteiger charge is -2.37. The molecular formula is C26H31N5O5S3. The summed E-state index contributed by atoms with van der Waals surface area (Å²) in [6.45, 7) is 3.52. The molecule has 3 atom stereocenters. The number of fused-ring (bicyclic) bond motifs is 1. The Morgan fingerprint density at radius 2 is 1.95 bits per heavy atom. The van der Waals surface area contributed by atoms with Crippen LogP contribution in [0.2, 0.25) is 0 Å². The molecule has 0 fully saturated rings. The summed E-state index contributed by atoms with van der Waals surface area (Å²) < 4.78 is 33.5. The number of nitrogens with zero attached hydrogens (tertiary/aromatic N) is 2. The van der Waals surface area contributed by atoms with E-state index in [0.29, 0.717) is 15.3 Å². The number of aromatic nitrogens is 2. The first kappa shape index (κ1) is 28.9. The van der Waals surface area contributed by atoms with Crippen molar-refractivity contribution < 1.29 is 23.1 Å². The molecule has 2 aromatic heterocycles. The van der Waals surface area contributed by atoms with Crippen LogP contribution in [0.4, 0.5) is 9.93 Å². The summed E-state index contributed by atoms with van der Waals surface area (Å²) in [7, 11) is -3.91. The van der Waals surface area contributed by atoms with Crippen molar-refractivity contribution in [2.45, 2.75) is 55.2 Å². The standard InChI is InChI=1S/C26H31N5O5S3/c1-16(2)22(39(34,35)19-8-9-20-21(10-19)38-24(27)30-20)11-23(32)26(28,12-17-6-4-3-5-7-17)31-25(33)36-14-18-13-29-15-37-18/h3-10,13,15-16,22-23,32H,11-12,14,28H2,1-2H3,(H2,27,30)(H,31,33)/t22?,23-,26+/m1/s1. The summed E-state index contributed by atoms with van der Waals surface area (Å²) in [5.41, 5.74) is 13.7. The molecule has 13 heteroatoms. The molecule has 4 aromatic rings. The average molecular weight is 590 g/mol. The van der Waals surface area contributed by atoms with Gasteiger partial charge in [-0.15, -0.1) is 11.3 Å². The second kappa shape index (κ2) is 12.0. The number of aliphatic hydroxyl groups is 1. The molecule has 1 unspecified atom stereocenters. The third-order valence-corrected chi connectivity index (χ3v) is 10.4. The molecule has 2 heterocycles. The molecule has 1 amide bonds. The Morgan fingerprint density at radius 3 is 2.62 bits per heavy atom. The third kappa shape index (κ3) is 6.92. The van der Waals surface area contributed by atoms with Crippen molar-refractivity contribution in [1.29, 1.82) is 0 Å². The highest BCUT2D eigenvalue weighted by Crippen LogP contribution is 2.32. The Morgan fingerprint density at radius 1 is 1.21 bits per heavy atom. The monoisotopic (exact) mass is 589 g/mol. The van der Waals surface area contributed by atoms with E-state index in [0.717, 1.165) is 10.4 Å². The minimum absolute atomic E-state index is 0.0123. The summed E-state index contributed by atoms with van der Waals surface area (Å²) in [5, 5.41) is 13.4. The number of ether oxygens (including phenoxy) is 1. The van der Waals surface area contributed by atoms with Crippen LogP contribution in [0.3, 0.4) is 0 Å². The summed E-state index contributed by atoms with van der Waals surface area (Å²) in [4.78, 5) is 21.7. The van der Waals surface area contributed by atoms with E-state index in [-0.39, 0.29) is 30.3 Å². The van der Waals surface area contributed by atoms with E-state index in [1.807, 2.05) is 30.3 Å². The Hall–Kier alpha value is -3.10. The maximum atomic E-state index is 13.8. The number of anilines is 1. The molecular weight excluding hydrogens is 559 g/mol. The van der Waals surface area contributed by atoms with Gasteiger partial charge in [-0.1, -0.05) is 55.5 Å². The van der Waals surface area contributed by atoms with Gasteiger partial charge in [-0.3, -0.25) is 4.98 Å². The maximum absolute atomic E-state index is 13.8. The summed E-state index contributed by atoms with van der Waals surface area (Å²) in [6.07, 6.45) is -0.859. The topological polar surface area (TPSA) is 171 Å². The number of nitrogens with one attached hydrogen (secondary N) is 1. The number of nitrogen functional groups attached to an aromatic ring is 1. The Labute approximate surface area is 235 Å². The Bertz CT molecular complexity index is 1510. The molecule has 4 rings (SSSR count). The fourth-order valence-electron chi connectivity index (χ4n) is 4.32. The van der Waals surface area contributed by atoms with Crippen molar-refractivity contribution in [2.75, 3.05) is 5.73 Å². The van der Waals surface area contributed by atoms with Gasteiger partial charge in [0.15, 0.2) is 15.0 Å². The largest absolute Gasteiger partial charge is 0.444 e. The highest BCUT2D eigenvalue weighted by Gasteiger charge is 2.41. The van der Waals surface area contributed by atoms with E-state index in [9.17, 15) is 18.3 Å². The SMILES string of the molecule is CC(C)C(C[C@@H](O)[C@](N)(Cc1ccccc1)NC(=O)OCc1cncs1)S(=O)(=O)c1ccc2nc(N)sc2c1. The molecule has 0 saturated carbocycles. The van der Waals surface area contributed by atoms with Gasteiger partial charge in [0.25, 0.3) is 0 Å². The van der Waals surface area contributed by atoms with Gasteiger partial charge in [0, 0.05) is 12.6 Å². The van der Waals surface area contributed by atoms with E-state index in [2.05, 4.69) is 15.3 Å². The van der Waals surface area contributed by atoms with Gasteiger partial charge in [0.05, 0.1) is 36.9 Å². The van der Waals surface area contributed by atoms with Crippen LogP contribution in [0.5, 0.6) is 0 Å². The number of hydrogen-bond donors (Lipinski definition) is 4. The molecule has 0 saturated heterocycles. The minimum atomic E-state index is -3.91. The molecule has 2 aromatic carbocycles. The zero-order chi connectivity index (χ0) is 28.2. The molecule has 39 heavy (non-hydrogen) atoms. The Kier molecular flexibility index (Phi) is 8.86. The summed E-state index contributed by atoms with van der Waals surface area (Å²) in [6, 6.07) is 13.7. The summed E-state index contributed by atoms with van der Waals surface area (Å²) in [5.74, 6) is -0.369. The smallest absolute Gasteiger partial charge is 0.409 e. The molecule has 0 bridgehead atoms. The van der Waals surface area contributed by atoms with Gasteiger partial charge in [0.2, 0.25) is 0 Å². The lowest BCUT2D eigenvalue weighted by atomic mass is 9.90. The van der Waals surface area contributed by atoms with E-state index < -0.39 is 32.9 Å². The number of amides is 1. The molecule has 0 spiro atoms. The first-order chi connectivity index (χ1) is 18.5. The number of nitrogens with two attached hydrogens (primary N) is 2. The van der Waals surface area contributed by atoms with Crippen LogP contribution in [-0.2, 0) is 27.6 Å². The van der Waals surface area contributed by atoms with Gasteiger partial charge in [-0.2, -0.15) is 0 Å². The number of carbonyl (C=O) groups excluding carboxylic acids is 1. The first-order valence-corrected chi connectivity index (χ1v) is 15.5. The van der Waals surface area contributed by atoms with Crippen LogP contribution in [0.15, 0.2) is 65.1 Å². The molecule has 0 radical (unpaired) electrons. The molecule has 0 aliphatic heterocycles. The van der Waals surface area contributed by atoms with Crippen LogP contribution in [0.1, 0.15) is 30.7 Å². The van der Waals surface area contributed by atoms with Crippen molar-refractivity contribution in [3.8, 4) is 0 Å². The van der Waals surface area contributed by atoms with Crippen molar-refractivity contribution in [1.82, 2.24) is 15.3 Å². The van der Waals surface area contributed by atoms with Crippen molar-refractivity contribution in [3.05, 3.63) is 70.7 Å². The van der Waals surface area contributed by atoms with E-state index in [1.54, 1.807) is 37.7 Å². The highest BCUT2D eigenvalue weighted by molar-refractivity contribution is 7.92. The number of aliphatic hydroxyl groups excluding tert-OH is 1. The highest BCUT2D eigenvalue weighted by atomic mass is 32.2. The van der Waals surface area contributed by atoms with E-state index in [1.165, 1.54) is 28.7 Å². The molecule has 208 valence electrons. The van der Waals surface area contributed by atoms with Crippen LogP contribution < -0.4 is 16.8 Å². The zero-order valence-electron chi connectivity index (χ0n) is 21.5. The molecule has 0 aliphatic rings. The zero-order valence-corrected chi connectivity index (χ0v) is 23.9. The van der Waals surface area contributed by atoms with Crippen LogP contribution >= 0.6 is 22.7 Å². The number of thiazole rings is 2.